The van der Waals surface area contributed by atoms with E-state index < -0.39 is 5.97 Å². The maximum absolute atomic E-state index is 12.7. The number of rotatable bonds is 5. The van der Waals surface area contributed by atoms with Crippen LogP contribution in [0, 0.1) is 6.92 Å². The second-order valence-electron chi connectivity index (χ2n) is 6.31. The van der Waals surface area contributed by atoms with Crippen LogP contribution in [0.3, 0.4) is 0 Å². The Morgan fingerprint density at radius 3 is 2.44 bits per heavy atom. The highest BCUT2D eigenvalue weighted by molar-refractivity contribution is 5.95. The highest BCUT2D eigenvalue weighted by Gasteiger charge is 2.40. The van der Waals surface area contributed by atoms with Gasteiger partial charge in [0.2, 0.25) is 0 Å². The lowest BCUT2D eigenvalue weighted by atomic mass is 9.71. The average molecular weight is 338 g/mol. The summed E-state index contributed by atoms with van der Waals surface area (Å²) < 4.78 is 4.99. The molecular formula is C20H22N2O3. The number of benzene rings is 1. The molecule has 1 amide bonds. The van der Waals surface area contributed by atoms with Gasteiger partial charge in [0.25, 0.3) is 5.91 Å². The molecule has 0 unspecified atom stereocenters. The van der Waals surface area contributed by atoms with Crippen LogP contribution >= 0.6 is 0 Å². The first kappa shape index (κ1) is 17.1. The zero-order valence-electron chi connectivity index (χ0n) is 14.5. The van der Waals surface area contributed by atoms with Gasteiger partial charge < -0.3 is 10.1 Å². The normalized spacial score (nSPS) is 15.1. The molecule has 1 aromatic carbocycles. The van der Waals surface area contributed by atoms with Crippen LogP contribution in [0.2, 0.25) is 0 Å². The summed E-state index contributed by atoms with van der Waals surface area (Å²) in [7, 11) is 0. The number of hydrogen-bond donors (Lipinski definition) is 1. The number of carbonyl (C=O) groups excluding carboxylic acids is 2. The fourth-order valence-electron chi connectivity index (χ4n) is 3.17. The van der Waals surface area contributed by atoms with Gasteiger partial charge in [-0.05, 0) is 50.8 Å². The molecule has 0 spiro atoms. The van der Waals surface area contributed by atoms with Gasteiger partial charge in [-0.25, -0.2) is 9.78 Å². The van der Waals surface area contributed by atoms with Gasteiger partial charge in [-0.3, -0.25) is 4.79 Å². The fraction of sp³-hybridized carbons (Fsp3) is 0.350. The van der Waals surface area contributed by atoms with Gasteiger partial charge in [-0.15, -0.1) is 0 Å². The van der Waals surface area contributed by atoms with Gasteiger partial charge in [0.05, 0.1) is 23.4 Å². The lowest BCUT2D eigenvalue weighted by Crippen LogP contribution is -2.51. The summed E-state index contributed by atoms with van der Waals surface area (Å²) in [5.41, 5.74) is 2.00. The number of amides is 1. The van der Waals surface area contributed by atoms with E-state index in [0.717, 1.165) is 24.8 Å². The van der Waals surface area contributed by atoms with Crippen molar-refractivity contribution in [1.82, 2.24) is 10.3 Å². The SMILES string of the molecule is CCOC(=O)c1ccc(C(=O)NC2(c3ccccc3)CCC2)nc1C. The van der Waals surface area contributed by atoms with Crippen LogP contribution in [-0.4, -0.2) is 23.5 Å². The third-order valence-electron chi connectivity index (χ3n) is 4.70. The molecule has 2 aromatic rings. The summed E-state index contributed by atoms with van der Waals surface area (Å²) in [5, 5.41) is 3.15. The van der Waals surface area contributed by atoms with Crippen LogP contribution in [-0.2, 0) is 10.3 Å². The minimum atomic E-state index is -0.417. The van der Waals surface area contributed by atoms with Crippen LogP contribution in [0.25, 0.3) is 0 Å². The molecule has 1 aromatic heterocycles. The number of ether oxygens (including phenoxy) is 1. The van der Waals surface area contributed by atoms with Crippen LogP contribution in [0.4, 0.5) is 0 Å². The van der Waals surface area contributed by atoms with Crippen LogP contribution in [0.5, 0.6) is 0 Å². The summed E-state index contributed by atoms with van der Waals surface area (Å²) >= 11 is 0. The number of esters is 1. The van der Waals surface area contributed by atoms with Gasteiger partial charge in [0.1, 0.15) is 5.69 Å². The quantitative estimate of drug-likeness (QED) is 0.849. The molecule has 1 aliphatic carbocycles. The topological polar surface area (TPSA) is 68.3 Å². The molecule has 5 heteroatoms. The largest absolute Gasteiger partial charge is 0.462 e. The van der Waals surface area contributed by atoms with Crippen molar-refractivity contribution >= 4 is 11.9 Å². The van der Waals surface area contributed by atoms with E-state index in [4.69, 9.17) is 4.74 Å². The van der Waals surface area contributed by atoms with E-state index in [1.54, 1.807) is 26.0 Å². The standard InChI is InChI=1S/C20H22N2O3/c1-3-25-19(24)16-10-11-17(21-14(16)2)18(23)22-20(12-7-13-20)15-8-5-4-6-9-15/h4-6,8-11H,3,7,12-13H2,1-2H3,(H,22,23). The molecule has 1 heterocycles. The molecule has 0 aliphatic heterocycles. The monoisotopic (exact) mass is 338 g/mol. The van der Waals surface area contributed by atoms with Gasteiger partial charge in [-0.1, -0.05) is 30.3 Å². The van der Waals surface area contributed by atoms with E-state index in [9.17, 15) is 9.59 Å². The lowest BCUT2D eigenvalue weighted by molar-refractivity contribution is 0.0524. The van der Waals surface area contributed by atoms with Gasteiger partial charge in [0, 0.05) is 0 Å². The van der Waals surface area contributed by atoms with E-state index in [1.165, 1.54) is 0 Å². The molecule has 130 valence electrons. The smallest absolute Gasteiger partial charge is 0.339 e. The molecule has 0 bridgehead atoms. The average Bonchev–Trinajstić information content (AvgIpc) is 2.58. The van der Waals surface area contributed by atoms with Gasteiger partial charge >= 0.3 is 5.97 Å². The molecular weight excluding hydrogens is 316 g/mol. The van der Waals surface area contributed by atoms with Crippen molar-refractivity contribution in [1.29, 1.82) is 0 Å². The third-order valence-corrected chi connectivity index (χ3v) is 4.70. The van der Waals surface area contributed by atoms with E-state index in [-0.39, 0.29) is 11.4 Å². The van der Waals surface area contributed by atoms with Crippen LogP contribution < -0.4 is 5.32 Å². The van der Waals surface area contributed by atoms with Crippen molar-refractivity contribution in [2.24, 2.45) is 0 Å². The number of nitrogens with zero attached hydrogens (tertiary/aromatic N) is 1. The zero-order valence-corrected chi connectivity index (χ0v) is 14.5. The van der Waals surface area contributed by atoms with Crippen molar-refractivity contribution in [2.45, 2.75) is 38.6 Å². The third kappa shape index (κ3) is 3.40. The maximum Gasteiger partial charge on any atom is 0.339 e. The molecule has 0 atom stereocenters. The molecule has 5 nitrogen and oxygen atoms in total. The van der Waals surface area contributed by atoms with Crippen molar-refractivity contribution in [3.05, 3.63) is 65.0 Å². The first-order valence-corrected chi connectivity index (χ1v) is 8.58. The summed E-state index contributed by atoms with van der Waals surface area (Å²) in [6, 6.07) is 13.2. The predicted molar refractivity (Wildman–Crippen MR) is 94.4 cm³/mol. The van der Waals surface area contributed by atoms with Crippen LogP contribution in [0.15, 0.2) is 42.5 Å². The molecule has 1 N–H and O–H groups in total. The molecule has 0 saturated heterocycles. The first-order valence-electron chi connectivity index (χ1n) is 8.58. The Balaban J connectivity index is 1.79. The molecule has 1 aliphatic rings. The van der Waals surface area contributed by atoms with E-state index in [1.807, 2.05) is 30.3 Å². The van der Waals surface area contributed by atoms with Crippen molar-refractivity contribution in [2.75, 3.05) is 6.61 Å². The Morgan fingerprint density at radius 2 is 1.88 bits per heavy atom. The fourth-order valence-corrected chi connectivity index (χ4v) is 3.17. The molecule has 1 fully saturated rings. The van der Waals surface area contributed by atoms with E-state index in [2.05, 4.69) is 10.3 Å². The second kappa shape index (κ2) is 7.05. The van der Waals surface area contributed by atoms with Gasteiger partial charge in [0.15, 0.2) is 0 Å². The summed E-state index contributed by atoms with van der Waals surface area (Å²) in [4.78, 5) is 28.8. The van der Waals surface area contributed by atoms with Crippen molar-refractivity contribution in [3.8, 4) is 0 Å². The highest BCUT2D eigenvalue weighted by Crippen LogP contribution is 2.41. The maximum atomic E-state index is 12.7. The first-order chi connectivity index (χ1) is 12.1. The summed E-state index contributed by atoms with van der Waals surface area (Å²) in [6.45, 7) is 3.77. The Labute approximate surface area is 147 Å². The molecule has 1 saturated carbocycles. The van der Waals surface area contributed by atoms with E-state index >= 15 is 0 Å². The van der Waals surface area contributed by atoms with Crippen molar-refractivity contribution in [3.63, 3.8) is 0 Å². The summed E-state index contributed by atoms with van der Waals surface area (Å²) in [6.07, 6.45) is 2.93. The number of aromatic nitrogens is 1. The van der Waals surface area contributed by atoms with Gasteiger partial charge in [-0.2, -0.15) is 0 Å². The summed E-state index contributed by atoms with van der Waals surface area (Å²) in [5.74, 6) is -0.638. The number of aryl methyl sites for hydroxylation is 1. The second-order valence-corrected chi connectivity index (χ2v) is 6.31. The zero-order chi connectivity index (χ0) is 17.9. The number of pyridine rings is 1. The lowest BCUT2D eigenvalue weighted by Gasteiger charge is -2.43. The molecule has 25 heavy (non-hydrogen) atoms. The number of nitrogens with one attached hydrogen (secondary N) is 1. The van der Waals surface area contributed by atoms with Crippen LogP contribution in [0.1, 0.15) is 58.3 Å². The Kier molecular flexibility index (Phi) is 4.83. The Bertz CT molecular complexity index is 783. The number of carbonyl (C=O) groups is 2. The van der Waals surface area contributed by atoms with Crippen molar-refractivity contribution < 1.29 is 14.3 Å². The predicted octanol–water partition coefficient (Wildman–Crippen LogP) is 3.38. The number of hydrogen-bond acceptors (Lipinski definition) is 4. The Morgan fingerprint density at radius 1 is 1.16 bits per heavy atom. The molecule has 3 rings (SSSR count). The minimum absolute atomic E-state index is 0.220. The highest BCUT2D eigenvalue weighted by atomic mass is 16.5. The Hall–Kier alpha value is -2.69. The molecule has 0 radical (unpaired) electrons. The minimum Gasteiger partial charge on any atom is -0.462 e. The van der Waals surface area contributed by atoms with E-state index in [0.29, 0.717) is 23.6 Å².